The molecule has 1 spiro atoms. The predicted octanol–water partition coefficient (Wildman–Crippen LogP) is 3.76. The highest BCUT2D eigenvalue weighted by molar-refractivity contribution is 5.97. The van der Waals surface area contributed by atoms with Gasteiger partial charge in [0.2, 0.25) is 11.8 Å². The van der Waals surface area contributed by atoms with Crippen LogP contribution >= 0.6 is 0 Å². The lowest BCUT2D eigenvalue weighted by Gasteiger charge is -2.43. The van der Waals surface area contributed by atoms with Crippen molar-refractivity contribution in [2.24, 2.45) is 5.92 Å². The molecule has 4 N–H and O–H groups in total. The number of methoxy groups -OCH3 is 1. The van der Waals surface area contributed by atoms with Crippen molar-refractivity contribution in [2.75, 3.05) is 19.0 Å². The molecule has 4 amide bonds. The van der Waals surface area contributed by atoms with Crippen LogP contribution in [0.5, 0.6) is 0 Å². The average molecular weight is 613 g/mol. The molecule has 0 aromatic heterocycles. The molecule has 2 aliphatic heterocycles. The third-order valence-electron chi connectivity index (χ3n) is 9.08. The van der Waals surface area contributed by atoms with Crippen LogP contribution in [0.25, 0.3) is 0 Å². The van der Waals surface area contributed by atoms with Crippen LogP contribution in [0.15, 0.2) is 35.9 Å². The van der Waals surface area contributed by atoms with Gasteiger partial charge in [0, 0.05) is 44.5 Å². The van der Waals surface area contributed by atoms with E-state index >= 15 is 0 Å². The molecule has 1 saturated carbocycles. The number of ether oxygens (including phenoxy) is 3. The number of nitrogens with one attached hydrogen (secondary N) is 4. The average Bonchev–Trinajstić information content (AvgIpc) is 3.91. The summed E-state index contributed by atoms with van der Waals surface area (Å²) in [6, 6.07) is 5.90. The number of amides is 4. The lowest BCUT2D eigenvalue weighted by molar-refractivity contribution is -0.127. The zero-order chi connectivity index (χ0) is 32.1. The largest absolute Gasteiger partial charge is 0.379 e. The lowest BCUT2D eigenvalue weighted by atomic mass is 9.67. The highest BCUT2D eigenvalue weighted by Crippen LogP contribution is 2.59. The van der Waals surface area contributed by atoms with Crippen LogP contribution in [0.3, 0.4) is 0 Å². The van der Waals surface area contributed by atoms with Gasteiger partial charge >= 0.3 is 6.03 Å². The van der Waals surface area contributed by atoms with Crippen LogP contribution in [-0.2, 0) is 35.1 Å². The van der Waals surface area contributed by atoms with E-state index in [1.165, 1.54) is 5.57 Å². The van der Waals surface area contributed by atoms with Crippen molar-refractivity contribution in [1.82, 2.24) is 16.0 Å². The van der Waals surface area contributed by atoms with Crippen LogP contribution in [0.2, 0.25) is 0 Å². The Morgan fingerprint density at radius 2 is 1.84 bits per heavy atom. The van der Waals surface area contributed by atoms with E-state index in [9.17, 15) is 19.2 Å². The molecule has 7 atom stereocenters. The molecule has 1 unspecified atom stereocenters. The maximum absolute atomic E-state index is 13.0. The zero-order valence-corrected chi connectivity index (χ0v) is 26.8. The normalized spacial score (nSPS) is 29.2. The Morgan fingerprint density at radius 1 is 1.14 bits per heavy atom. The number of carbonyl (C=O) groups excluding carboxylic acids is 4. The smallest absolute Gasteiger partial charge is 0.315 e. The third kappa shape index (κ3) is 8.25. The van der Waals surface area contributed by atoms with Crippen molar-refractivity contribution in [3.05, 3.63) is 41.5 Å². The maximum Gasteiger partial charge on any atom is 0.315 e. The number of allylic oxidation sites excluding steroid dienone is 1. The summed E-state index contributed by atoms with van der Waals surface area (Å²) in [5, 5.41) is 11.4. The van der Waals surface area contributed by atoms with Crippen LogP contribution in [-0.4, -0.2) is 72.8 Å². The fourth-order valence-corrected chi connectivity index (χ4v) is 6.31. The first-order chi connectivity index (χ1) is 20.9. The minimum atomic E-state index is -0.752. The van der Waals surface area contributed by atoms with Gasteiger partial charge in [-0.1, -0.05) is 30.7 Å². The molecule has 1 aromatic carbocycles. The molecule has 1 aliphatic carbocycles. The number of Topliss-reactive ketones (excluding diaryl/α,β-unsaturated/α-hetero) is 1. The van der Waals surface area contributed by atoms with E-state index in [0.717, 1.165) is 24.8 Å². The van der Waals surface area contributed by atoms with Crippen molar-refractivity contribution in [2.45, 2.75) is 115 Å². The molecular weight excluding hydrogens is 564 g/mol. The van der Waals surface area contributed by atoms with Gasteiger partial charge in [-0.05, 0) is 64.7 Å². The van der Waals surface area contributed by atoms with Crippen LogP contribution in [0, 0.1) is 5.92 Å². The van der Waals surface area contributed by atoms with E-state index in [4.69, 9.17) is 14.2 Å². The molecule has 44 heavy (non-hydrogen) atoms. The molecule has 3 aliphatic rings. The Hall–Kier alpha value is -3.28. The Bertz CT molecular complexity index is 1240. The van der Waals surface area contributed by atoms with Crippen molar-refractivity contribution in [1.29, 1.82) is 0 Å². The molecule has 3 fully saturated rings. The molecular formula is C33H48N4O7. The quantitative estimate of drug-likeness (QED) is 0.185. The van der Waals surface area contributed by atoms with Gasteiger partial charge in [0.15, 0.2) is 0 Å². The second kappa shape index (κ2) is 14.2. The molecule has 2 saturated heterocycles. The number of ketones is 1. The summed E-state index contributed by atoms with van der Waals surface area (Å²) >= 11 is 0. The molecule has 1 aromatic rings. The standard InChI is InChI=1S/C33H48N4O7/c1-7-24(38)13-15-27(39)35-21(4)30(40)36-23-11-9-22(10-12-23)18-34-31(41)37-25-16-17-33(19-43-33)29(28(25)42-6)32(5)26(44-32)14-8-20(2)3/h8-12,21,25-26,28-29H,7,13-19H2,1-6H3,(H,35,39)(H,36,40)(H2,34,37,41)/t21-,25+,26+,28+,29+,32?,33-/m0/s1. The number of hydrogen-bond donors (Lipinski definition) is 4. The Morgan fingerprint density at radius 3 is 2.45 bits per heavy atom. The Labute approximate surface area is 260 Å². The van der Waals surface area contributed by atoms with E-state index in [1.54, 1.807) is 33.1 Å². The van der Waals surface area contributed by atoms with Gasteiger partial charge < -0.3 is 35.5 Å². The molecule has 0 bridgehead atoms. The van der Waals surface area contributed by atoms with Crippen molar-refractivity contribution >= 4 is 29.3 Å². The minimum absolute atomic E-state index is 0.00902. The van der Waals surface area contributed by atoms with E-state index in [-0.39, 0.29) is 71.8 Å². The number of benzene rings is 1. The molecule has 4 rings (SSSR count). The fourth-order valence-electron chi connectivity index (χ4n) is 6.31. The topological polar surface area (TPSA) is 151 Å². The van der Waals surface area contributed by atoms with Crippen molar-refractivity contribution in [3.63, 3.8) is 0 Å². The first-order valence-electron chi connectivity index (χ1n) is 15.6. The monoisotopic (exact) mass is 612 g/mol. The number of carbonyl (C=O) groups is 4. The van der Waals surface area contributed by atoms with Crippen LogP contribution in [0.4, 0.5) is 10.5 Å². The summed E-state index contributed by atoms with van der Waals surface area (Å²) in [7, 11) is 1.69. The molecule has 2 heterocycles. The van der Waals surface area contributed by atoms with Crippen LogP contribution < -0.4 is 21.3 Å². The van der Waals surface area contributed by atoms with Gasteiger partial charge in [-0.2, -0.15) is 0 Å². The number of hydrogen-bond acceptors (Lipinski definition) is 7. The fraction of sp³-hybridized carbons (Fsp3) is 0.636. The second-order valence-corrected chi connectivity index (χ2v) is 12.7. The van der Waals surface area contributed by atoms with Crippen LogP contribution in [0.1, 0.15) is 78.7 Å². The number of rotatable bonds is 14. The zero-order valence-electron chi connectivity index (χ0n) is 26.8. The van der Waals surface area contributed by atoms with Gasteiger partial charge in [-0.25, -0.2) is 4.79 Å². The van der Waals surface area contributed by atoms with E-state index in [2.05, 4.69) is 48.1 Å². The van der Waals surface area contributed by atoms with E-state index in [0.29, 0.717) is 25.3 Å². The molecule has 242 valence electrons. The first kappa shape index (κ1) is 33.6. The van der Waals surface area contributed by atoms with Gasteiger partial charge in [0.25, 0.3) is 0 Å². The van der Waals surface area contributed by atoms with Crippen molar-refractivity contribution < 1.29 is 33.4 Å². The SMILES string of the molecule is CCC(=O)CCC(=O)N[C@@H](C)C(=O)Nc1ccc(CNC(=O)N[C@@H]2CC[C@]3(CO3)[C@@H](C3(C)O[C@@H]3CC=C(C)C)[C@@H]2OC)cc1. The molecule has 0 radical (unpaired) electrons. The number of epoxide rings is 2. The summed E-state index contributed by atoms with van der Waals surface area (Å²) in [6.45, 7) is 10.6. The number of anilines is 1. The Balaban J connectivity index is 1.25. The molecule has 11 nitrogen and oxygen atoms in total. The summed E-state index contributed by atoms with van der Waals surface area (Å²) < 4.78 is 18.3. The highest BCUT2D eigenvalue weighted by atomic mass is 16.6. The van der Waals surface area contributed by atoms with Crippen molar-refractivity contribution in [3.8, 4) is 0 Å². The third-order valence-corrected chi connectivity index (χ3v) is 9.08. The highest BCUT2D eigenvalue weighted by Gasteiger charge is 2.71. The number of urea groups is 1. The predicted molar refractivity (Wildman–Crippen MR) is 166 cm³/mol. The van der Waals surface area contributed by atoms with Gasteiger partial charge in [-0.3, -0.25) is 14.4 Å². The van der Waals surface area contributed by atoms with Gasteiger partial charge in [-0.15, -0.1) is 0 Å². The summed E-state index contributed by atoms with van der Waals surface area (Å²) in [5.74, 6) is -0.682. The summed E-state index contributed by atoms with van der Waals surface area (Å²) in [4.78, 5) is 48.9. The maximum atomic E-state index is 13.0. The lowest BCUT2D eigenvalue weighted by Crippen LogP contribution is -2.60. The first-order valence-corrected chi connectivity index (χ1v) is 15.6. The second-order valence-electron chi connectivity index (χ2n) is 12.7. The van der Waals surface area contributed by atoms with E-state index < -0.39 is 6.04 Å². The summed E-state index contributed by atoms with van der Waals surface area (Å²) in [5.41, 5.74) is 2.07. The van der Waals surface area contributed by atoms with Gasteiger partial charge in [0.05, 0.1) is 30.5 Å². The van der Waals surface area contributed by atoms with E-state index in [1.807, 2.05) is 12.1 Å². The van der Waals surface area contributed by atoms with Gasteiger partial charge in [0.1, 0.15) is 17.4 Å². The minimum Gasteiger partial charge on any atom is -0.379 e. The Kier molecular flexibility index (Phi) is 10.9. The summed E-state index contributed by atoms with van der Waals surface area (Å²) in [6.07, 6.45) is 5.11. The molecule has 11 heteroatoms.